The van der Waals surface area contributed by atoms with Crippen molar-refractivity contribution in [2.24, 2.45) is 0 Å². The molecule has 2 radical (unpaired) electrons. The van der Waals surface area contributed by atoms with E-state index in [-0.39, 0.29) is 23.8 Å². The molecule has 3 aromatic rings. The Balaban J connectivity index is 2.28. The first kappa shape index (κ1) is 21.8. The number of allylic oxidation sites excluding steroid dienone is 2. The van der Waals surface area contributed by atoms with Crippen LogP contribution >= 0.6 is 0 Å². The van der Waals surface area contributed by atoms with Gasteiger partial charge in [-0.15, -0.1) is 0 Å². The van der Waals surface area contributed by atoms with Crippen LogP contribution in [0.25, 0.3) is 22.0 Å². The van der Waals surface area contributed by atoms with Gasteiger partial charge in [-0.2, -0.15) is 0 Å². The van der Waals surface area contributed by atoms with E-state index in [1.54, 1.807) is 44.4 Å². The van der Waals surface area contributed by atoms with Crippen LogP contribution < -0.4 is 0 Å². The van der Waals surface area contributed by atoms with Crippen molar-refractivity contribution >= 4 is 39.6 Å². The molecular formula is C23H22AsFN2O3. The summed E-state index contributed by atoms with van der Waals surface area (Å²) in [6.07, 6.45) is 1.51. The zero-order chi connectivity index (χ0) is 22.0. The summed E-state index contributed by atoms with van der Waals surface area (Å²) in [5, 5.41) is 10.7. The minimum atomic E-state index is -1.03. The molecule has 154 valence electrons. The summed E-state index contributed by atoms with van der Waals surface area (Å²) in [5.41, 5.74) is 3.80. The summed E-state index contributed by atoms with van der Waals surface area (Å²) in [6.45, 7) is 1.94. The van der Waals surface area contributed by atoms with Gasteiger partial charge in [-0.05, 0) is 0 Å². The average Bonchev–Trinajstić information content (AvgIpc) is 2.98. The van der Waals surface area contributed by atoms with Gasteiger partial charge in [0.2, 0.25) is 0 Å². The number of aromatic carboxylic acids is 1. The summed E-state index contributed by atoms with van der Waals surface area (Å²) in [6, 6.07) is 12.0. The molecule has 0 saturated heterocycles. The second-order valence-corrected chi connectivity index (χ2v) is 7.96. The fourth-order valence-electron chi connectivity index (χ4n) is 3.56. The number of carbonyl (C=O) groups excluding carboxylic acids is 1. The number of nitrogens with zero attached hydrogens (tertiary/aromatic N) is 2. The normalized spacial score (nSPS) is 11.7. The molecule has 3 rings (SSSR count). The van der Waals surface area contributed by atoms with Crippen LogP contribution in [0, 0.1) is 6.92 Å². The third-order valence-corrected chi connectivity index (χ3v) is 5.38. The van der Waals surface area contributed by atoms with Crippen molar-refractivity contribution in [3.63, 3.8) is 0 Å². The van der Waals surface area contributed by atoms with Crippen LogP contribution in [-0.2, 0) is 6.54 Å². The van der Waals surface area contributed by atoms with E-state index in [1.807, 2.05) is 17.6 Å². The Labute approximate surface area is 183 Å². The second-order valence-electron chi connectivity index (χ2n) is 7.20. The first-order valence-corrected chi connectivity index (χ1v) is 10.7. The number of rotatable bonds is 6. The standard InChI is InChI=1S/C23H22AsFN2O3/c1-14-21(15-5-4-6-16(11-15)22(28)26(2)3)19-12-17(23(29)30)7-8-20(19)27(14)13-18(25)9-10-24/h4-9,11-12H,10,13H2,1-3H3,(H,29,30). The van der Waals surface area contributed by atoms with E-state index >= 15 is 0 Å². The number of carboxylic acids is 1. The molecule has 0 unspecified atom stereocenters. The molecule has 7 heteroatoms. The van der Waals surface area contributed by atoms with Gasteiger partial charge in [-0.3, -0.25) is 0 Å². The van der Waals surface area contributed by atoms with Crippen LogP contribution in [0.15, 0.2) is 54.4 Å². The third-order valence-electron chi connectivity index (χ3n) is 5.00. The number of carbonyl (C=O) groups is 2. The van der Waals surface area contributed by atoms with Crippen molar-refractivity contribution in [2.45, 2.75) is 18.7 Å². The van der Waals surface area contributed by atoms with Gasteiger partial charge >= 0.3 is 169 Å². The molecular weight excluding hydrogens is 446 g/mol. The summed E-state index contributed by atoms with van der Waals surface area (Å²) < 4.78 is 16.2. The van der Waals surface area contributed by atoms with Crippen LogP contribution in [0.1, 0.15) is 26.4 Å². The average molecular weight is 468 g/mol. The summed E-state index contributed by atoms with van der Waals surface area (Å²) in [5.74, 6) is -1.42. The van der Waals surface area contributed by atoms with E-state index in [9.17, 15) is 19.1 Å². The fraction of sp³-hybridized carbons (Fsp3) is 0.217. The predicted molar refractivity (Wildman–Crippen MR) is 117 cm³/mol. The second kappa shape index (κ2) is 8.88. The van der Waals surface area contributed by atoms with Gasteiger partial charge in [-0.1, -0.05) is 0 Å². The number of halogens is 1. The number of hydrogen-bond donors (Lipinski definition) is 1. The molecule has 1 heterocycles. The number of hydrogen-bond acceptors (Lipinski definition) is 2. The zero-order valence-electron chi connectivity index (χ0n) is 17.0. The number of carboxylic acid groups (broad SMARTS) is 1. The quantitative estimate of drug-likeness (QED) is 0.544. The Bertz CT molecular complexity index is 1160. The molecule has 0 spiro atoms. The van der Waals surface area contributed by atoms with E-state index in [2.05, 4.69) is 16.9 Å². The molecule has 0 atom stereocenters. The molecule has 0 aliphatic carbocycles. The van der Waals surface area contributed by atoms with E-state index in [0.717, 1.165) is 22.3 Å². The summed E-state index contributed by atoms with van der Waals surface area (Å²) >= 11 is 2.32. The Morgan fingerprint density at radius 2 is 1.90 bits per heavy atom. The van der Waals surface area contributed by atoms with Gasteiger partial charge < -0.3 is 0 Å². The van der Waals surface area contributed by atoms with Gasteiger partial charge in [0.05, 0.1) is 0 Å². The molecule has 0 bridgehead atoms. The Morgan fingerprint density at radius 1 is 1.17 bits per heavy atom. The minimum absolute atomic E-state index is 0.0584. The molecule has 1 aromatic heterocycles. The first-order valence-electron chi connectivity index (χ1n) is 9.38. The number of aromatic nitrogens is 1. The van der Waals surface area contributed by atoms with Crippen molar-refractivity contribution in [1.29, 1.82) is 0 Å². The number of fused-ring (bicyclic) bond motifs is 1. The van der Waals surface area contributed by atoms with Gasteiger partial charge in [0, 0.05) is 14.1 Å². The van der Waals surface area contributed by atoms with Crippen molar-refractivity contribution < 1.29 is 19.1 Å². The number of benzene rings is 2. The van der Waals surface area contributed by atoms with Gasteiger partial charge in [0.25, 0.3) is 0 Å². The van der Waals surface area contributed by atoms with Gasteiger partial charge in [0.15, 0.2) is 0 Å². The SMILES string of the molecule is Cc1c(-c2cccc(C(=O)N(C)C)c2)c2cc(C(=O)O)ccc2n1CC(F)=CC[As]. The Kier molecular flexibility index (Phi) is 6.47. The summed E-state index contributed by atoms with van der Waals surface area (Å²) in [4.78, 5) is 25.5. The van der Waals surface area contributed by atoms with Crippen molar-refractivity contribution in [1.82, 2.24) is 9.47 Å². The molecule has 0 aliphatic rings. The fourth-order valence-corrected chi connectivity index (χ4v) is 3.98. The van der Waals surface area contributed by atoms with E-state index < -0.39 is 5.97 Å². The van der Waals surface area contributed by atoms with Crippen molar-refractivity contribution in [3.05, 3.63) is 71.2 Å². The van der Waals surface area contributed by atoms with Gasteiger partial charge in [0.1, 0.15) is 0 Å². The van der Waals surface area contributed by atoms with Crippen LogP contribution in [-0.4, -0.2) is 57.4 Å². The third kappa shape index (κ3) is 4.19. The molecule has 0 saturated carbocycles. The van der Waals surface area contributed by atoms with Crippen LogP contribution in [0.5, 0.6) is 0 Å². The van der Waals surface area contributed by atoms with Crippen molar-refractivity contribution in [3.8, 4) is 11.1 Å². The maximum absolute atomic E-state index is 14.4. The van der Waals surface area contributed by atoms with Crippen LogP contribution in [0.3, 0.4) is 0 Å². The Hall–Kier alpha value is -2.85. The maximum atomic E-state index is 14.4. The topological polar surface area (TPSA) is 62.5 Å². The number of amides is 1. The van der Waals surface area contributed by atoms with E-state index in [4.69, 9.17) is 0 Å². The van der Waals surface area contributed by atoms with E-state index in [0.29, 0.717) is 16.2 Å². The van der Waals surface area contributed by atoms with Crippen LogP contribution in [0.2, 0.25) is 5.21 Å². The molecule has 5 nitrogen and oxygen atoms in total. The van der Waals surface area contributed by atoms with Gasteiger partial charge in [-0.25, -0.2) is 0 Å². The molecule has 0 fully saturated rings. The van der Waals surface area contributed by atoms with E-state index in [1.165, 1.54) is 17.0 Å². The molecule has 0 aliphatic heterocycles. The summed E-state index contributed by atoms with van der Waals surface area (Å²) in [7, 11) is 3.37. The van der Waals surface area contributed by atoms with Crippen molar-refractivity contribution in [2.75, 3.05) is 14.1 Å². The van der Waals surface area contributed by atoms with Crippen LogP contribution in [0.4, 0.5) is 4.39 Å². The molecule has 1 amide bonds. The monoisotopic (exact) mass is 468 g/mol. The molecule has 2 aromatic carbocycles. The molecule has 30 heavy (non-hydrogen) atoms. The predicted octanol–water partition coefficient (Wildman–Crippen LogP) is 4.46. The zero-order valence-corrected chi connectivity index (χ0v) is 18.9. The Morgan fingerprint density at radius 3 is 2.53 bits per heavy atom. The molecule has 1 N–H and O–H groups in total. The first-order chi connectivity index (χ1) is 14.2.